The van der Waals surface area contributed by atoms with Crippen molar-refractivity contribution in [2.45, 2.75) is 40.2 Å². The summed E-state index contributed by atoms with van der Waals surface area (Å²) in [7, 11) is 0. The Labute approximate surface area is 122 Å². The molecule has 0 aromatic carbocycles. The standard InChI is InChI=1S/C13H21N3O3S/c1-5-13(4,11(17)18)7-14-12(19)16-9(3)10-15-8(2)6-20-10/h6,9H,5,7H2,1-4H3,(H,17,18)(H2,14,16,19). The zero-order valence-electron chi connectivity index (χ0n) is 12.2. The highest BCUT2D eigenvalue weighted by molar-refractivity contribution is 7.09. The fraction of sp³-hybridized carbons (Fsp3) is 0.615. The number of nitrogens with zero attached hydrogens (tertiary/aromatic N) is 1. The van der Waals surface area contributed by atoms with E-state index in [-0.39, 0.29) is 18.6 Å². The third kappa shape index (κ3) is 4.19. The van der Waals surface area contributed by atoms with Gasteiger partial charge in [0.2, 0.25) is 0 Å². The largest absolute Gasteiger partial charge is 0.481 e. The van der Waals surface area contributed by atoms with Gasteiger partial charge in [0, 0.05) is 17.6 Å². The molecule has 7 heteroatoms. The van der Waals surface area contributed by atoms with Gasteiger partial charge in [0.25, 0.3) is 0 Å². The second kappa shape index (κ2) is 6.69. The van der Waals surface area contributed by atoms with Gasteiger partial charge in [-0.2, -0.15) is 0 Å². The number of carboxylic acids is 1. The lowest BCUT2D eigenvalue weighted by atomic mass is 9.88. The van der Waals surface area contributed by atoms with Gasteiger partial charge >= 0.3 is 12.0 Å². The van der Waals surface area contributed by atoms with Crippen molar-refractivity contribution in [3.8, 4) is 0 Å². The Morgan fingerprint density at radius 2 is 2.20 bits per heavy atom. The third-order valence-electron chi connectivity index (χ3n) is 3.29. The van der Waals surface area contributed by atoms with Gasteiger partial charge in [0.15, 0.2) is 0 Å². The fourth-order valence-electron chi connectivity index (χ4n) is 1.51. The molecule has 1 heterocycles. The molecule has 3 N–H and O–H groups in total. The van der Waals surface area contributed by atoms with Crippen molar-refractivity contribution >= 4 is 23.3 Å². The van der Waals surface area contributed by atoms with Crippen LogP contribution in [0.3, 0.4) is 0 Å². The minimum Gasteiger partial charge on any atom is -0.481 e. The van der Waals surface area contributed by atoms with Gasteiger partial charge in [-0.25, -0.2) is 9.78 Å². The predicted molar refractivity (Wildman–Crippen MR) is 77.8 cm³/mol. The molecule has 112 valence electrons. The second-order valence-corrected chi connectivity index (χ2v) is 5.98. The number of aryl methyl sites for hydroxylation is 1. The van der Waals surface area contributed by atoms with Crippen molar-refractivity contribution in [3.63, 3.8) is 0 Å². The summed E-state index contributed by atoms with van der Waals surface area (Å²) < 4.78 is 0. The molecule has 0 bridgehead atoms. The molecular weight excluding hydrogens is 278 g/mol. The van der Waals surface area contributed by atoms with E-state index in [4.69, 9.17) is 5.11 Å². The van der Waals surface area contributed by atoms with Crippen molar-refractivity contribution in [2.75, 3.05) is 6.54 Å². The number of nitrogens with one attached hydrogen (secondary N) is 2. The Balaban J connectivity index is 2.50. The zero-order chi connectivity index (χ0) is 15.3. The molecule has 6 nitrogen and oxygen atoms in total. The van der Waals surface area contributed by atoms with E-state index in [9.17, 15) is 9.59 Å². The normalized spacial score (nSPS) is 15.2. The van der Waals surface area contributed by atoms with Gasteiger partial charge in [-0.05, 0) is 27.2 Å². The highest BCUT2D eigenvalue weighted by Gasteiger charge is 2.31. The molecule has 1 rings (SSSR count). The average Bonchev–Trinajstić information content (AvgIpc) is 2.82. The first-order valence-electron chi connectivity index (χ1n) is 6.48. The molecule has 0 aliphatic carbocycles. The Kier molecular flexibility index (Phi) is 5.50. The van der Waals surface area contributed by atoms with Crippen LogP contribution in [0, 0.1) is 12.3 Å². The number of aromatic nitrogens is 1. The molecule has 20 heavy (non-hydrogen) atoms. The Bertz CT molecular complexity index is 489. The number of thiazole rings is 1. The SMILES string of the molecule is CCC(C)(CNC(=O)NC(C)c1nc(C)cs1)C(=O)O. The Morgan fingerprint density at radius 3 is 2.65 bits per heavy atom. The number of amides is 2. The van der Waals surface area contributed by atoms with Crippen LogP contribution in [0.15, 0.2) is 5.38 Å². The van der Waals surface area contributed by atoms with Crippen LogP contribution in [0.2, 0.25) is 0 Å². The number of aliphatic carboxylic acids is 1. The van der Waals surface area contributed by atoms with Crippen LogP contribution in [0.1, 0.15) is 43.9 Å². The van der Waals surface area contributed by atoms with Gasteiger partial charge in [0.05, 0.1) is 11.5 Å². The van der Waals surface area contributed by atoms with E-state index in [1.807, 2.05) is 19.2 Å². The first-order chi connectivity index (χ1) is 9.28. The maximum atomic E-state index is 11.8. The first-order valence-corrected chi connectivity index (χ1v) is 7.36. The van der Waals surface area contributed by atoms with Gasteiger partial charge in [-0.1, -0.05) is 6.92 Å². The molecule has 2 atom stereocenters. The van der Waals surface area contributed by atoms with E-state index in [0.29, 0.717) is 6.42 Å². The summed E-state index contributed by atoms with van der Waals surface area (Å²) in [5, 5.41) is 17.2. The average molecular weight is 299 g/mol. The van der Waals surface area contributed by atoms with Crippen LogP contribution < -0.4 is 10.6 Å². The van der Waals surface area contributed by atoms with E-state index >= 15 is 0 Å². The molecule has 2 unspecified atom stereocenters. The first kappa shape index (κ1) is 16.4. The number of hydrogen-bond donors (Lipinski definition) is 3. The van der Waals surface area contributed by atoms with Gasteiger partial charge in [0.1, 0.15) is 5.01 Å². The lowest BCUT2D eigenvalue weighted by Crippen LogP contribution is -2.45. The van der Waals surface area contributed by atoms with Crippen LogP contribution in [-0.4, -0.2) is 28.6 Å². The van der Waals surface area contributed by atoms with Crippen LogP contribution in [0.4, 0.5) is 4.79 Å². The molecule has 1 aromatic heterocycles. The lowest BCUT2D eigenvalue weighted by molar-refractivity contribution is -0.147. The Morgan fingerprint density at radius 1 is 1.55 bits per heavy atom. The second-order valence-electron chi connectivity index (χ2n) is 5.10. The molecule has 0 fully saturated rings. The number of carbonyl (C=O) groups excluding carboxylic acids is 1. The molecule has 1 aromatic rings. The Hall–Kier alpha value is -1.63. The number of carboxylic acid groups (broad SMARTS) is 1. The molecule has 2 amide bonds. The minimum atomic E-state index is -0.946. The van der Waals surface area contributed by atoms with E-state index in [1.165, 1.54) is 11.3 Å². The van der Waals surface area contributed by atoms with E-state index in [0.717, 1.165) is 10.7 Å². The number of carbonyl (C=O) groups is 2. The fourth-order valence-corrected chi connectivity index (χ4v) is 2.31. The quantitative estimate of drug-likeness (QED) is 0.751. The van der Waals surface area contributed by atoms with Crippen molar-refractivity contribution in [3.05, 3.63) is 16.1 Å². The summed E-state index contributed by atoms with van der Waals surface area (Å²) in [6.45, 7) is 7.23. The van der Waals surface area contributed by atoms with Crippen LogP contribution in [-0.2, 0) is 4.79 Å². The number of urea groups is 1. The lowest BCUT2D eigenvalue weighted by Gasteiger charge is -2.23. The summed E-state index contributed by atoms with van der Waals surface area (Å²) >= 11 is 1.48. The monoisotopic (exact) mass is 299 g/mol. The van der Waals surface area contributed by atoms with E-state index in [1.54, 1.807) is 13.8 Å². The predicted octanol–water partition coefficient (Wildman–Crippen LogP) is 2.31. The topological polar surface area (TPSA) is 91.3 Å². The van der Waals surface area contributed by atoms with Crippen molar-refractivity contribution in [1.29, 1.82) is 0 Å². The highest BCUT2D eigenvalue weighted by Crippen LogP contribution is 2.20. The van der Waals surface area contributed by atoms with Crippen molar-refractivity contribution in [2.24, 2.45) is 5.41 Å². The third-order valence-corrected chi connectivity index (χ3v) is 4.44. The highest BCUT2D eigenvalue weighted by atomic mass is 32.1. The molecule has 0 aliphatic rings. The van der Waals surface area contributed by atoms with E-state index < -0.39 is 11.4 Å². The summed E-state index contributed by atoms with van der Waals surface area (Å²) in [5.41, 5.74) is -0.0262. The smallest absolute Gasteiger partial charge is 0.315 e. The van der Waals surface area contributed by atoms with Crippen LogP contribution in [0.5, 0.6) is 0 Å². The molecular formula is C13H21N3O3S. The summed E-state index contributed by atoms with van der Waals surface area (Å²) in [5.74, 6) is -0.913. The van der Waals surface area contributed by atoms with E-state index in [2.05, 4.69) is 15.6 Å². The maximum Gasteiger partial charge on any atom is 0.315 e. The summed E-state index contributed by atoms with van der Waals surface area (Å²) in [6.07, 6.45) is 0.448. The molecule has 0 radical (unpaired) electrons. The van der Waals surface area contributed by atoms with Crippen LogP contribution in [0.25, 0.3) is 0 Å². The summed E-state index contributed by atoms with van der Waals surface area (Å²) in [6, 6.07) is -0.585. The minimum absolute atomic E-state index is 0.0916. The summed E-state index contributed by atoms with van der Waals surface area (Å²) in [4.78, 5) is 27.2. The van der Waals surface area contributed by atoms with Gasteiger partial charge in [-0.15, -0.1) is 11.3 Å². The van der Waals surface area contributed by atoms with Crippen molar-refractivity contribution < 1.29 is 14.7 Å². The van der Waals surface area contributed by atoms with Gasteiger partial charge in [-0.3, -0.25) is 4.79 Å². The van der Waals surface area contributed by atoms with Crippen molar-refractivity contribution in [1.82, 2.24) is 15.6 Å². The van der Waals surface area contributed by atoms with Crippen LogP contribution >= 0.6 is 11.3 Å². The molecule has 0 spiro atoms. The maximum absolute atomic E-state index is 11.8. The molecule has 0 saturated carbocycles. The van der Waals surface area contributed by atoms with Gasteiger partial charge < -0.3 is 15.7 Å². The molecule has 0 saturated heterocycles. The molecule has 0 aliphatic heterocycles. The number of rotatable bonds is 6. The number of hydrogen-bond acceptors (Lipinski definition) is 4. The zero-order valence-corrected chi connectivity index (χ0v) is 13.0.